The van der Waals surface area contributed by atoms with Crippen LogP contribution in [0.3, 0.4) is 0 Å². The van der Waals surface area contributed by atoms with Crippen molar-refractivity contribution in [2.45, 2.75) is 18.7 Å². The number of sulfonamides is 1. The first-order chi connectivity index (χ1) is 11.0. The second-order valence-corrected chi connectivity index (χ2v) is 7.07. The molecule has 0 fully saturated rings. The summed E-state index contributed by atoms with van der Waals surface area (Å²) in [6, 6.07) is 12.3. The third-order valence-electron chi connectivity index (χ3n) is 3.59. The Labute approximate surface area is 135 Å². The molecule has 23 heavy (non-hydrogen) atoms. The molecular weight excluding hydrogens is 310 g/mol. The van der Waals surface area contributed by atoms with E-state index in [-0.39, 0.29) is 4.90 Å². The predicted molar refractivity (Wildman–Crippen MR) is 90.3 cm³/mol. The van der Waals surface area contributed by atoms with Crippen molar-refractivity contribution < 1.29 is 8.42 Å². The van der Waals surface area contributed by atoms with E-state index in [0.29, 0.717) is 5.69 Å². The second kappa shape index (κ2) is 5.89. The van der Waals surface area contributed by atoms with Crippen LogP contribution in [-0.2, 0) is 10.0 Å². The minimum atomic E-state index is -3.59. The van der Waals surface area contributed by atoms with Crippen molar-refractivity contribution >= 4 is 15.7 Å². The molecule has 0 bridgehead atoms. The van der Waals surface area contributed by atoms with E-state index in [1.807, 2.05) is 36.7 Å². The van der Waals surface area contributed by atoms with Crippen LogP contribution in [0.15, 0.2) is 66.1 Å². The number of hydrogen-bond acceptors (Lipinski definition) is 3. The summed E-state index contributed by atoms with van der Waals surface area (Å²) < 4.78 is 29.4. The van der Waals surface area contributed by atoms with E-state index in [9.17, 15) is 8.42 Å². The van der Waals surface area contributed by atoms with Gasteiger partial charge in [0.05, 0.1) is 16.9 Å². The lowest BCUT2D eigenvalue weighted by Gasteiger charge is -2.12. The fourth-order valence-corrected chi connectivity index (χ4v) is 3.39. The normalized spacial score (nSPS) is 11.4. The van der Waals surface area contributed by atoms with Gasteiger partial charge in [0.25, 0.3) is 10.0 Å². The van der Waals surface area contributed by atoms with Crippen molar-refractivity contribution in [1.82, 2.24) is 9.55 Å². The van der Waals surface area contributed by atoms with E-state index in [1.54, 1.807) is 42.9 Å². The number of anilines is 1. The Hall–Kier alpha value is -2.60. The van der Waals surface area contributed by atoms with Crippen molar-refractivity contribution in [2.24, 2.45) is 0 Å². The zero-order valence-electron chi connectivity index (χ0n) is 12.9. The highest BCUT2D eigenvalue weighted by atomic mass is 32.2. The number of hydrogen-bond donors (Lipinski definition) is 1. The molecule has 0 spiro atoms. The van der Waals surface area contributed by atoms with Gasteiger partial charge in [0.1, 0.15) is 0 Å². The highest BCUT2D eigenvalue weighted by Gasteiger charge is 2.15. The molecule has 0 saturated carbocycles. The average molecular weight is 327 g/mol. The fraction of sp³-hybridized carbons (Fsp3) is 0.118. The molecule has 0 aliphatic carbocycles. The Bertz CT molecular complexity index is 915. The summed E-state index contributed by atoms with van der Waals surface area (Å²) >= 11 is 0. The molecule has 6 heteroatoms. The van der Waals surface area contributed by atoms with Crippen LogP contribution in [0.4, 0.5) is 5.69 Å². The van der Waals surface area contributed by atoms with Gasteiger partial charge in [-0.15, -0.1) is 0 Å². The number of nitrogens with zero attached hydrogens (tertiary/aromatic N) is 2. The molecule has 1 heterocycles. The van der Waals surface area contributed by atoms with E-state index in [1.165, 1.54) is 0 Å². The van der Waals surface area contributed by atoms with Crippen LogP contribution in [0.5, 0.6) is 0 Å². The Morgan fingerprint density at radius 2 is 1.78 bits per heavy atom. The van der Waals surface area contributed by atoms with E-state index in [2.05, 4.69) is 9.71 Å². The molecule has 0 unspecified atom stereocenters. The highest BCUT2D eigenvalue weighted by molar-refractivity contribution is 7.92. The molecular formula is C17H17N3O2S. The lowest BCUT2D eigenvalue weighted by molar-refractivity contribution is 0.601. The number of aromatic nitrogens is 2. The predicted octanol–water partition coefficient (Wildman–Crippen LogP) is 3.29. The van der Waals surface area contributed by atoms with Crippen LogP contribution in [-0.4, -0.2) is 18.0 Å². The van der Waals surface area contributed by atoms with Gasteiger partial charge >= 0.3 is 0 Å². The van der Waals surface area contributed by atoms with Gasteiger partial charge in [0.2, 0.25) is 0 Å². The van der Waals surface area contributed by atoms with Crippen LogP contribution in [0.25, 0.3) is 5.69 Å². The summed E-state index contributed by atoms with van der Waals surface area (Å²) in [5, 5.41) is 0. The molecule has 1 aromatic heterocycles. The van der Waals surface area contributed by atoms with Crippen molar-refractivity contribution in [1.29, 1.82) is 0 Å². The molecule has 0 atom stereocenters. The van der Waals surface area contributed by atoms with Crippen LogP contribution in [0, 0.1) is 13.8 Å². The third-order valence-corrected chi connectivity index (χ3v) is 4.97. The number of nitrogens with one attached hydrogen (secondary N) is 1. The van der Waals surface area contributed by atoms with Gasteiger partial charge in [-0.3, -0.25) is 4.72 Å². The zero-order chi connectivity index (χ0) is 16.4. The maximum Gasteiger partial charge on any atom is 0.261 e. The lowest BCUT2D eigenvalue weighted by atomic mass is 10.2. The lowest BCUT2D eigenvalue weighted by Crippen LogP contribution is -2.13. The number of benzene rings is 2. The summed E-state index contributed by atoms with van der Waals surface area (Å²) in [6.45, 7) is 3.79. The Kier molecular flexibility index (Phi) is 3.92. The first kappa shape index (κ1) is 15.3. The van der Waals surface area contributed by atoms with Crippen molar-refractivity contribution in [3.8, 4) is 5.69 Å². The van der Waals surface area contributed by atoms with Gasteiger partial charge in [-0.1, -0.05) is 17.7 Å². The number of rotatable bonds is 4. The Morgan fingerprint density at radius 1 is 1.04 bits per heavy atom. The van der Waals surface area contributed by atoms with E-state index >= 15 is 0 Å². The van der Waals surface area contributed by atoms with E-state index < -0.39 is 10.0 Å². The summed E-state index contributed by atoms with van der Waals surface area (Å²) in [5.74, 6) is 0. The standard InChI is InChI=1S/C17H17N3O2S/c1-13-3-6-16(7-4-13)23(21,22)19-17-8-5-15(11-14(17)2)20-10-9-18-12-20/h3-12,19H,1-2H3. The van der Waals surface area contributed by atoms with Gasteiger partial charge in [-0.05, 0) is 49.7 Å². The van der Waals surface area contributed by atoms with Crippen molar-refractivity contribution in [2.75, 3.05) is 4.72 Å². The number of imidazole rings is 1. The zero-order valence-corrected chi connectivity index (χ0v) is 13.7. The molecule has 0 amide bonds. The molecule has 3 aromatic rings. The molecule has 0 saturated heterocycles. The minimum absolute atomic E-state index is 0.251. The molecule has 2 aromatic carbocycles. The van der Waals surface area contributed by atoms with Crippen LogP contribution in [0.1, 0.15) is 11.1 Å². The molecule has 0 aliphatic rings. The summed E-state index contributed by atoms with van der Waals surface area (Å²) in [4.78, 5) is 4.26. The van der Waals surface area contributed by atoms with Crippen LogP contribution < -0.4 is 4.72 Å². The van der Waals surface area contributed by atoms with Gasteiger partial charge in [0.15, 0.2) is 0 Å². The van der Waals surface area contributed by atoms with E-state index in [4.69, 9.17) is 0 Å². The summed E-state index contributed by atoms with van der Waals surface area (Å²) in [7, 11) is -3.59. The second-order valence-electron chi connectivity index (χ2n) is 5.39. The molecule has 0 radical (unpaired) electrons. The smallest absolute Gasteiger partial charge is 0.261 e. The Morgan fingerprint density at radius 3 is 2.39 bits per heavy atom. The van der Waals surface area contributed by atoms with Crippen molar-refractivity contribution in [3.05, 3.63) is 72.3 Å². The first-order valence-electron chi connectivity index (χ1n) is 7.14. The van der Waals surface area contributed by atoms with Gasteiger partial charge < -0.3 is 4.57 Å². The SMILES string of the molecule is Cc1ccc(S(=O)(=O)Nc2ccc(-n3ccnc3)cc2C)cc1. The maximum atomic E-state index is 12.5. The quantitative estimate of drug-likeness (QED) is 0.800. The number of aryl methyl sites for hydroxylation is 2. The van der Waals surface area contributed by atoms with Crippen molar-refractivity contribution in [3.63, 3.8) is 0 Å². The average Bonchev–Trinajstić information content (AvgIpc) is 3.04. The maximum absolute atomic E-state index is 12.5. The van der Waals surface area contributed by atoms with E-state index in [0.717, 1.165) is 16.8 Å². The largest absolute Gasteiger partial charge is 0.306 e. The van der Waals surface area contributed by atoms with Crippen LogP contribution >= 0.6 is 0 Å². The van der Waals surface area contributed by atoms with Gasteiger partial charge in [0, 0.05) is 18.1 Å². The van der Waals surface area contributed by atoms with Crippen LogP contribution in [0.2, 0.25) is 0 Å². The highest BCUT2D eigenvalue weighted by Crippen LogP contribution is 2.22. The summed E-state index contributed by atoms with van der Waals surface area (Å²) in [6.07, 6.45) is 5.24. The topological polar surface area (TPSA) is 64.0 Å². The third kappa shape index (κ3) is 3.27. The first-order valence-corrected chi connectivity index (χ1v) is 8.62. The van der Waals surface area contributed by atoms with Gasteiger partial charge in [-0.25, -0.2) is 13.4 Å². The summed E-state index contributed by atoms with van der Waals surface area (Å²) in [5.41, 5.74) is 3.35. The molecule has 0 aliphatic heterocycles. The minimum Gasteiger partial charge on any atom is -0.306 e. The molecule has 3 rings (SSSR count). The molecule has 118 valence electrons. The monoisotopic (exact) mass is 327 g/mol. The fourth-order valence-electron chi connectivity index (χ4n) is 2.26. The Balaban J connectivity index is 1.89. The molecule has 1 N–H and O–H groups in total. The van der Waals surface area contributed by atoms with Gasteiger partial charge in [-0.2, -0.15) is 0 Å². The molecule has 5 nitrogen and oxygen atoms in total.